The molecule has 2 unspecified atom stereocenters. The first kappa shape index (κ1) is 5.45. The van der Waals surface area contributed by atoms with Gasteiger partial charge in [0.1, 0.15) is 5.78 Å². The molecule has 2 saturated carbocycles. The van der Waals surface area contributed by atoms with E-state index < -0.39 is 0 Å². The minimum Gasteiger partial charge on any atom is -0.299 e. The number of carbonyl (C=O) groups excluding carboxylic acids is 1. The maximum Gasteiger partial charge on any atom is 0.139 e. The summed E-state index contributed by atoms with van der Waals surface area (Å²) in [6.45, 7) is 0. The highest BCUT2D eigenvalue weighted by atomic mass is 16.1. The molecule has 0 heterocycles. The summed E-state index contributed by atoms with van der Waals surface area (Å²) in [4.78, 5) is 11.2. The van der Waals surface area contributed by atoms with Gasteiger partial charge in [0.25, 0.3) is 0 Å². The summed E-state index contributed by atoms with van der Waals surface area (Å²) in [5, 5.41) is 0. The molecule has 2 fully saturated rings. The maximum atomic E-state index is 11.2. The second-order valence-electron chi connectivity index (χ2n) is 3.13. The number of fused-ring (bicyclic) bond motifs is 2. The molecule has 0 aromatic carbocycles. The van der Waals surface area contributed by atoms with E-state index in [0.717, 1.165) is 12.8 Å². The van der Waals surface area contributed by atoms with Crippen LogP contribution < -0.4 is 0 Å². The molecule has 2 bridgehead atoms. The van der Waals surface area contributed by atoms with E-state index in [1.807, 2.05) is 0 Å². The highest BCUT2D eigenvalue weighted by Gasteiger charge is 2.36. The number of carbonyl (C=O) groups is 1. The number of Topliss-reactive ketones (excluding diaryl/α,β-unsaturated/α-hetero) is 1. The number of hydrogen-bond acceptors (Lipinski definition) is 1. The molecule has 0 N–H and O–H groups in total. The summed E-state index contributed by atoms with van der Waals surface area (Å²) < 4.78 is 0. The Labute approximate surface area is 55.4 Å². The zero-order valence-corrected chi connectivity index (χ0v) is 5.47. The van der Waals surface area contributed by atoms with Gasteiger partial charge in [-0.3, -0.25) is 4.79 Å². The van der Waals surface area contributed by atoms with Gasteiger partial charge in [-0.05, 0) is 32.1 Å². The average molecular weight is 123 g/mol. The summed E-state index contributed by atoms with van der Waals surface area (Å²) in [6.07, 6.45) is 6.74. The summed E-state index contributed by atoms with van der Waals surface area (Å²) in [5.41, 5.74) is 0. The third kappa shape index (κ3) is 0.707. The van der Waals surface area contributed by atoms with Crippen LogP contribution in [0.4, 0.5) is 0 Å². The molecule has 1 nitrogen and oxygen atoms in total. The SMILES string of the molecule is O=C1C2C[CH]CC1CC2. The van der Waals surface area contributed by atoms with Gasteiger partial charge in [0.2, 0.25) is 0 Å². The highest BCUT2D eigenvalue weighted by molar-refractivity contribution is 5.86. The van der Waals surface area contributed by atoms with E-state index in [1.54, 1.807) is 0 Å². The summed E-state index contributed by atoms with van der Waals surface area (Å²) in [6, 6.07) is 0. The lowest BCUT2D eigenvalue weighted by atomic mass is 9.88. The van der Waals surface area contributed by atoms with Crippen molar-refractivity contribution in [3.8, 4) is 0 Å². The quantitative estimate of drug-likeness (QED) is 0.478. The molecule has 2 rings (SSSR count). The monoisotopic (exact) mass is 123 g/mol. The van der Waals surface area contributed by atoms with Gasteiger partial charge in [-0.1, -0.05) is 0 Å². The van der Waals surface area contributed by atoms with Crippen molar-refractivity contribution < 1.29 is 4.79 Å². The van der Waals surface area contributed by atoms with Gasteiger partial charge in [-0.15, -0.1) is 0 Å². The van der Waals surface area contributed by atoms with E-state index in [9.17, 15) is 4.79 Å². The van der Waals surface area contributed by atoms with Crippen molar-refractivity contribution >= 4 is 5.78 Å². The summed E-state index contributed by atoms with van der Waals surface area (Å²) in [5.74, 6) is 1.42. The van der Waals surface area contributed by atoms with Gasteiger partial charge >= 0.3 is 0 Å². The van der Waals surface area contributed by atoms with E-state index in [1.165, 1.54) is 12.8 Å². The fourth-order valence-electron chi connectivity index (χ4n) is 1.99. The molecule has 0 aromatic heterocycles. The lowest BCUT2D eigenvalue weighted by Crippen LogP contribution is -2.19. The van der Waals surface area contributed by atoms with E-state index in [0.29, 0.717) is 17.6 Å². The molecule has 0 spiro atoms. The topological polar surface area (TPSA) is 17.1 Å². The predicted molar refractivity (Wildman–Crippen MR) is 34.8 cm³/mol. The Balaban J connectivity index is 2.19. The smallest absolute Gasteiger partial charge is 0.139 e. The fourth-order valence-corrected chi connectivity index (χ4v) is 1.99. The highest BCUT2D eigenvalue weighted by Crippen LogP contribution is 2.38. The zero-order chi connectivity index (χ0) is 6.27. The molecule has 2 aliphatic carbocycles. The van der Waals surface area contributed by atoms with Crippen LogP contribution in [0.15, 0.2) is 0 Å². The van der Waals surface area contributed by atoms with Crippen LogP contribution in [0.2, 0.25) is 0 Å². The Kier molecular flexibility index (Phi) is 1.11. The van der Waals surface area contributed by atoms with E-state index in [-0.39, 0.29) is 0 Å². The lowest BCUT2D eigenvalue weighted by molar-refractivity contribution is -0.124. The molecule has 2 aliphatic rings. The molecule has 49 valence electrons. The van der Waals surface area contributed by atoms with Crippen LogP contribution in [-0.2, 0) is 4.79 Å². The first-order chi connectivity index (χ1) is 4.38. The van der Waals surface area contributed by atoms with E-state index in [4.69, 9.17) is 0 Å². The van der Waals surface area contributed by atoms with Crippen molar-refractivity contribution in [2.75, 3.05) is 0 Å². The zero-order valence-electron chi connectivity index (χ0n) is 5.47. The van der Waals surface area contributed by atoms with Crippen molar-refractivity contribution in [3.05, 3.63) is 6.42 Å². The first-order valence-electron chi connectivity index (χ1n) is 3.73. The molecule has 1 heteroatoms. The number of rotatable bonds is 0. The maximum absolute atomic E-state index is 11.2. The predicted octanol–water partition coefficient (Wildman–Crippen LogP) is 1.58. The van der Waals surface area contributed by atoms with Gasteiger partial charge < -0.3 is 0 Å². The molecular formula is C8H11O. The van der Waals surface area contributed by atoms with Crippen molar-refractivity contribution in [2.24, 2.45) is 11.8 Å². The van der Waals surface area contributed by atoms with Crippen LogP contribution in [0.3, 0.4) is 0 Å². The normalized spacial score (nSPS) is 41.6. The number of ketones is 1. The summed E-state index contributed by atoms with van der Waals surface area (Å²) >= 11 is 0. The van der Waals surface area contributed by atoms with Crippen LogP contribution >= 0.6 is 0 Å². The second-order valence-corrected chi connectivity index (χ2v) is 3.13. The Bertz CT molecular complexity index is 122. The van der Waals surface area contributed by atoms with E-state index in [2.05, 4.69) is 6.42 Å². The molecule has 0 saturated heterocycles. The van der Waals surface area contributed by atoms with Crippen LogP contribution in [0.1, 0.15) is 25.7 Å². The Morgan fingerprint density at radius 2 is 1.78 bits per heavy atom. The van der Waals surface area contributed by atoms with Crippen molar-refractivity contribution in [2.45, 2.75) is 25.7 Å². The van der Waals surface area contributed by atoms with Crippen molar-refractivity contribution in [1.29, 1.82) is 0 Å². The van der Waals surface area contributed by atoms with Gasteiger partial charge in [0, 0.05) is 11.8 Å². The lowest BCUT2D eigenvalue weighted by Gasteiger charge is -2.15. The van der Waals surface area contributed by atoms with Gasteiger partial charge in [-0.2, -0.15) is 0 Å². The second kappa shape index (κ2) is 1.83. The van der Waals surface area contributed by atoms with E-state index >= 15 is 0 Å². The Hall–Kier alpha value is -0.330. The van der Waals surface area contributed by atoms with Gasteiger partial charge in [-0.25, -0.2) is 0 Å². The molecule has 0 aromatic rings. The number of hydrogen-bond donors (Lipinski definition) is 0. The van der Waals surface area contributed by atoms with Gasteiger partial charge in [0.05, 0.1) is 0 Å². The standard InChI is InChI=1S/C8H11O/c9-8-6-2-1-3-7(8)5-4-6/h1,6-7H,2-5H2. The minimum atomic E-state index is 0.434. The van der Waals surface area contributed by atoms with Crippen molar-refractivity contribution in [3.63, 3.8) is 0 Å². The molecule has 2 atom stereocenters. The average Bonchev–Trinajstić information content (AvgIpc) is 2.19. The third-order valence-corrected chi connectivity index (χ3v) is 2.57. The molecule has 1 radical (unpaired) electrons. The fraction of sp³-hybridized carbons (Fsp3) is 0.750. The summed E-state index contributed by atoms with van der Waals surface area (Å²) in [7, 11) is 0. The molecular weight excluding hydrogens is 112 g/mol. The Morgan fingerprint density at radius 3 is 2.22 bits per heavy atom. The molecule has 9 heavy (non-hydrogen) atoms. The van der Waals surface area contributed by atoms with Crippen LogP contribution in [0.25, 0.3) is 0 Å². The molecule has 0 aliphatic heterocycles. The molecule has 0 amide bonds. The van der Waals surface area contributed by atoms with Crippen molar-refractivity contribution in [1.82, 2.24) is 0 Å². The largest absolute Gasteiger partial charge is 0.299 e. The minimum absolute atomic E-state index is 0.434. The third-order valence-electron chi connectivity index (χ3n) is 2.57. The first-order valence-corrected chi connectivity index (χ1v) is 3.73. The van der Waals surface area contributed by atoms with Gasteiger partial charge in [0.15, 0.2) is 0 Å². The Morgan fingerprint density at radius 1 is 1.22 bits per heavy atom. The van der Waals surface area contributed by atoms with Crippen LogP contribution in [0, 0.1) is 18.3 Å². The van der Waals surface area contributed by atoms with Crippen LogP contribution in [0.5, 0.6) is 0 Å². The van der Waals surface area contributed by atoms with Crippen LogP contribution in [-0.4, -0.2) is 5.78 Å².